The summed E-state index contributed by atoms with van der Waals surface area (Å²) >= 11 is 7.63. The van der Waals surface area contributed by atoms with E-state index >= 15 is 0 Å². The molecule has 5 rings (SSSR count). The molecule has 180 valence electrons. The number of thiazole rings is 1. The summed E-state index contributed by atoms with van der Waals surface area (Å²) in [5.74, 6) is 0.526. The number of aromatic nitrogens is 3. The summed E-state index contributed by atoms with van der Waals surface area (Å²) in [7, 11) is 0. The number of nitrogens with one attached hydrogen (secondary N) is 1. The minimum Gasteiger partial charge on any atom is -0.491 e. The third-order valence-electron chi connectivity index (χ3n) is 5.81. The zero-order valence-electron chi connectivity index (χ0n) is 19.4. The number of amides is 1. The minimum atomic E-state index is -0.487. The van der Waals surface area contributed by atoms with E-state index in [2.05, 4.69) is 15.3 Å². The summed E-state index contributed by atoms with van der Waals surface area (Å²) in [6, 6.07) is 8.30. The van der Waals surface area contributed by atoms with E-state index in [0.717, 1.165) is 21.0 Å². The largest absolute Gasteiger partial charge is 0.491 e. The van der Waals surface area contributed by atoms with Crippen LogP contribution < -0.4 is 10.1 Å². The molecular weight excluding hydrogens is 487 g/mol. The number of halogens is 2. The number of carbonyl (C=O) groups is 1. The van der Waals surface area contributed by atoms with Gasteiger partial charge in [0.1, 0.15) is 17.3 Å². The highest BCUT2D eigenvalue weighted by Gasteiger charge is 2.27. The smallest absolute Gasteiger partial charge is 0.252 e. The van der Waals surface area contributed by atoms with Crippen molar-refractivity contribution in [3.05, 3.63) is 69.2 Å². The lowest BCUT2D eigenvalue weighted by atomic mass is 10.1. The van der Waals surface area contributed by atoms with Gasteiger partial charge < -0.3 is 10.1 Å². The summed E-state index contributed by atoms with van der Waals surface area (Å²) in [6.07, 6.45) is 4.46. The minimum absolute atomic E-state index is 0.0258. The van der Waals surface area contributed by atoms with Crippen LogP contribution in [0.5, 0.6) is 5.75 Å². The van der Waals surface area contributed by atoms with Gasteiger partial charge in [0.05, 0.1) is 26.9 Å². The molecule has 9 heteroatoms. The van der Waals surface area contributed by atoms with Crippen molar-refractivity contribution < 1.29 is 13.9 Å². The van der Waals surface area contributed by atoms with Gasteiger partial charge in [0.25, 0.3) is 5.91 Å². The van der Waals surface area contributed by atoms with Crippen LogP contribution in [0.25, 0.3) is 21.6 Å². The number of ether oxygens (including phenoxy) is 1. The Balaban J connectivity index is 1.31. The van der Waals surface area contributed by atoms with Crippen molar-refractivity contribution in [3.8, 4) is 17.0 Å². The van der Waals surface area contributed by atoms with E-state index in [4.69, 9.17) is 21.3 Å². The third-order valence-corrected chi connectivity index (χ3v) is 7.26. The summed E-state index contributed by atoms with van der Waals surface area (Å²) in [5.41, 5.74) is 4.18. The molecule has 1 N–H and O–H groups in total. The SMILES string of the molecule is CCOc1c(C)cc(CCNC(=O)c2cnc3nc(C4CC4)sc3c2)nc1-c1ccc(F)c(Cl)c1. The Bertz CT molecular complexity index is 1420. The number of nitrogens with zero attached hydrogens (tertiary/aromatic N) is 3. The quantitative estimate of drug-likeness (QED) is 0.310. The van der Waals surface area contributed by atoms with Crippen LogP contribution in [-0.4, -0.2) is 34.0 Å². The molecule has 35 heavy (non-hydrogen) atoms. The van der Waals surface area contributed by atoms with Gasteiger partial charge in [-0.25, -0.2) is 19.3 Å². The van der Waals surface area contributed by atoms with Crippen molar-refractivity contribution >= 4 is 39.2 Å². The normalized spacial score (nSPS) is 13.3. The average Bonchev–Trinajstić information content (AvgIpc) is 3.61. The molecule has 0 unspecified atom stereocenters. The summed E-state index contributed by atoms with van der Waals surface area (Å²) < 4.78 is 20.5. The van der Waals surface area contributed by atoms with Crippen molar-refractivity contribution in [1.29, 1.82) is 0 Å². The molecule has 6 nitrogen and oxygen atoms in total. The van der Waals surface area contributed by atoms with Gasteiger partial charge in [0, 0.05) is 36.3 Å². The fraction of sp³-hybridized carbons (Fsp3) is 0.308. The van der Waals surface area contributed by atoms with Crippen LogP contribution in [0.1, 0.15) is 52.3 Å². The van der Waals surface area contributed by atoms with Crippen molar-refractivity contribution in [2.24, 2.45) is 0 Å². The van der Waals surface area contributed by atoms with E-state index in [0.29, 0.717) is 53.7 Å². The monoisotopic (exact) mass is 510 g/mol. The van der Waals surface area contributed by atoms with Crippen LogP contribution in [-0.2, 0) is 6.42 Å². The van der Waals surface area contributed by atoms with Crippen LogP contribution >= 0.6 is 22.9 Å². The first kappa shape index (κ1) is 23.6. The summed E-state index contributed by atoms with van der Waals surface area (Å²) in [4.78, 5) is 26.4. The number of aryl methyl sites for hydroxylation is 1. The van der Waals surface area contributed by atoms with Gasteiger partial charge >= 0.3 is 0 Å². The maximum absolute atomic E-state index is 13.7. The lowest BCUT2D eigenvalue weighted by Crippen LogP contribution is -2.26. The van der Waals surface area contributed by atoms with Crippen LogP contribution in [0.2, 0.25) is 5.02 Å². The van der Waals surface area contributed by atoms with Crippen molar-refractivity contribution in [3.63, 3.8) is 0 Å². The predicted molar refractivity (Wildman–Crippen MR) is 136 cm³/mol. The Kier molecular flexibility index (Phi) is 6.67. The fourth-order valence-electron chi connectivity index (χ4n) is 3.89. The molecule has 0 bridgehead atoms. The second kappa shape index (κ2) is 9.87. The first-order valence-corrected chi connectivity index (χ1v) is 12.8. The van der Waals surface area contributed by atoms with Crippen molar-refractivity contribution in [2.45, 2.75) is 39.0 Å². The molecule has 1 fully saturated rings. The van der Waals surface area contributed by atoms with Crippen LogP contribution in [0.15, 0.2) is 36.5 Å². The molecule has 0 spiro atoms. The molecule has 3 heterocycles. The van der Waals surface area contributed by atoms with E-state index in [9.17, 15) is 9.18 Å². The zero-order valence-corrected chi connectivity index (χ0v) is 21.0. The van der Waals surface area contributed by atoms with Crippen LogP contribution in [0, 0.1) is 12.7 Å². The Morgan fingerprint density at radius 3 is 2.83 bits per heavy atom. The maximum Gasteiger partial charge on any atom is 0.252 e. The highest BCUT2D eigenvalue weighted by atomic mass is 35.5. The molecule has 3 aromatic heterocycles. The van der Waals surface area contributed by atoms with E-state index in [-0.39, 0.29) is 10.9 Å². The first-order chi connectivity index (χ1) is 16.9. The standard InChI is InChI=1S/C26H24ClFN4O2S/c1-3-34-23-14(2)10-18(31-22(23)16-6-7-20(28)19(27)11-16)8-9-29-25(33)17-12-21-24(30-13-17)32-26(35-21)15-4-5-15/h6-7,10-13,15H,3-5,8-9H2,1-2H3,(H,29,33). The molecule has 1 aromatic carbocycles. The molecule has 0 radical (unpaired) electrons. The molecule has 1 aliphatic rings. The first-order valence-electron chi connectivity index (χ1n) is 11.6. The van der Waals surface area contributed by atoms with E-state index in [1.54, 1.807) is 29.7 Å². The highest BCUT2D eigenvalue weighted by Crippen LogP contribution is 2.43. The number of hydrogen-bond donors (Lipinski definition) is 1. The van der Waals surface area contributed by atoms with Crippen molar-refractivity contribution in [1.82, 2.24) is 20.3 Å². The average molecular weight is 511 g/mol. The molecule has 1 saturated carbocycles. The van der Waals surface area contributed by atoms with Crippen molar-refractivity contribution in [2.75, 3.05) is 13.2 Å². The molecule has 0 aliphatic heterocycles. The Hall–Kier alpha value is -3.10. The lowest BCUT2D eigenvalue weighted by molar-refractivity contribution is 0.0954. The lowest BCUT2D eigenvalue weighted by Gasteiger charge is -2.15. The molecule has 1 amide bonds. The second-order valence-corrected chi connectivity index (χ2v) is 10.0. The molecule has 4 aromatic rings. The third kappa shape index (κ3) is 5.13. The van der Waals surface area contributed by atoms with Gasteiger partial charge in [0.15, 0.2) is 5.65 Å². The predicted octanol–water partition coefficient (Wildman–Crippen LogP) is 6.10. The molecule has 1 aliphatic carbocycles. The number of pyridine rings is 2. The van der Waals surface area contributed by atoms with E-state index < -0.39 is 5.82 Å². The maximum atomic E-state index is 13.7. The number of carbonyl (C=O) groups excluding carboxylic acids is 1. The van der Waals surface area contributed by atoms with Crippen LogP contribution in [0.4, 0.5) is 4.39 Å². The summed E-state index contributed by atoms with van der Waals surface area (Å²) in [6.45, 7) is 4.71. The molecule has 0 atom stereocenters. The number of hydrogen-bond acceptors (Lipinski definition) is 6. The van der Waals surface area contributed by atoms with E-state index in [1.807, 2.05) is 26.0 Å². The van der Waals surface area contributed by atoms with Gasteiger partial charge in [-0.2, -0.15) is 0 Å². The van der Waals surface area contributed by atoms with Gasteiger partial charge in [0.2, 0.25) is 0 Å². The Labute approximate surface area is 211 Å². The second-order valence-electron chi connectivity index (χ2n) is 8.55. The van der Waals surface area contributed by atoms with Gasteiger partial charge in [-0.05, 0) is 62.6 Å². The zero-order chi connectivity index (χ0) is 24.5. The molecule has 0 saturated heterocycles. The van der Waals surface area contributed by atoms with Gasteiger partial charge in [-0.1, -0.05) is 11.6 Å². The van der Waals surface area contributed by atoms with Gasteiger partial charge in [-0.3, -0.25) is 4.79 Å². The van der Waals surface area contributed by atoms with Crippen LogP contribution in [0.3, 0.4) is 0 Å². The fourth-order valence-corrected chi connectivity index (χ4v) is 5.21. The highest BCUT2D eigenvalue weighted by molar-refractivity contribution is 7.18. The Morgan fingerprint density at radius 2 is 2.09 bits per heavy atom. The number of benzene rings is 1. The Morgan fingerprint density at radius 1 is 1.26 bits per heavy atom. The van der Waals surface area contributed by atoms with E-state index in [1.165, 1.54) is 18.9 Å². The molecular formula is C26H24ClFN4O2S. The number of fused-ring (bicyclic) bond motifs is 1. The summed E-state index contributed by atoms with van der Waals surface area (Å²) in [5, 5.41) is 4.09. The van der Waals surface area contributed by atoms with Gasteiger partial charge in [-0.15, -0.1) is 11.3 Å². The number of rotatable bonds is 8. The topological polar surface area (TPSA) is 77.0 Å².